The number of hydrogen-bond donors (Lipinski definition) is 1. The van der Waals surface area contributed by atoms with Gasteiger partial charge in [-0.05, 0) is 36.4 Å². The molecular weight excluding hydrogens is 392 g/mol. The number of rotatable bonds is 6. The first-order valence-corrected chi connectivity index (χ1v) is 8.77. The summed E-state index contributed by atoms with van der Waals surface area (Å²) >= 11 is 0. The fourth-order valence-corrected chi connectivity index (χ4v) is 2.70. The Morgan fingerprint density at radius 1 is 0.933 bits per heavy atom. The summed E-state index contributed by atoms with van der Waals surface area (Å²) in [4.78, 5) is 37.9. The fourth-order valence-electron chi connectivity index (χ4n) is 2.70. The number of aromatic nitrogens is 3. The molecular formula is C20H20N4O6. The fraction of sp³-hybridized carbons (Fsp3) is 0.200. The van der Waals surface area contributed by atoms with Crippen molar-refractivity contribution in [1.29, 1.82) is 0 Å². The number of hydrogen-bond acceptors (Lipinski definition) is 7. The molecule has 1 amide bonds. The van der Waals surface area contributed by atoms with Crippen molar-refractivity contribution >= 4 is 11.6 Å². The van der Waals surface area contributed by atoms with Crippen LogP contribution in [0.5, 0.6) is 17.2 Å². The van der Waals surface area contributed by atoms with Crippen molar-refractivity contribution < 1.29 is 19.0 Å². The molecule has 0 spiro atoms. The van der Waals surface area contributed by atoms with E-state index in [0.29, 0.717) is 22.9 Å². The Balaban J connectivity index is 2.05. The van der Waals surface area contributed by atoms with Crippen LogP contribution in [0.4, 0.5) is 5.69 Å². The zero-order valence-corrected chi connectivity index (χ0v) is 16.8. The van der Waals surface area contributed by atoms with Gasteiger partial charge in [0.25, 0.3) is 11.5 Å². The van der Waals surface area contributed by atoms with Crippen LogP contribution >= 0.6 is 0 Å². The number of benzene rings is 2. The van der Waals surface area contributed by atoms with Gasteiger partial charge in [-0.25, -0.2) is 4.79 Å². The van der Waals surface area contributed by atoms with E-state index in [-0.39, 0.29) is 5.69 Å². The molecule has 0 aliphatic heterocycles. The van der Waals surface area contributed by atoms with Gasteiger partial charge in [0.05, 0.1) is 32.7 Å². The minimum atomic E-state index is -0.830. The van der Waals surface area contributed by atoms with Crippen molar-refractivity contribution in [3.05, 3.63) is 69.0 Å². The Morgan fingerprint density at radius 3 is 2.17 bits per heavy atom. The number of carbonyl (C=O) groups excluding carboxylic acids is 1. The minimum Gasteiger partial charge on any atom is -0.497 e. The first-order chi connectivity index (χ1) is 14.4. The van der Waals surface area contributed by atoms with Crippen LogP contribution in [-0.2, 0) is 7.05 Å². The Hall–Kier alpha value is -4.08. The van der Waals surface area contributed by atoms with Crippen LogP contribution in [0, 0.1) is 0 Å². The summed E-state index contributed by atoms with van der Waals surface area (Å²) in [6, 6.07) is 11.3. The van der Waals surface area contributed by atoms with E-state index in [0.717, 1.165) is 9.25 Å². The molecule has 0 bridgehead atoms. The van der Waals surface area contributed by atoms with Gasteiger partial charge < -0.3 is 19.5 Å². The van der Waals surface area contributed by atoms with Gasteiger partial charge in [0.2, 0.25) is 5.69 Å². The van der Waals surface area contributed by atoms with Crippen LogP contribution in [0.25, 0.3) is 5.69 Å². The molecule has 1 N–H and O–H groups in total. The maximum atomic E-state index is 12.8. The Morgan fingerprint density at radius 2 is 1.57 bits per heavy atom. The second kappa shape index (κ2) is 8.52. The molecule has 3 rings (SSSR count). The molecule has 0 unspecified atom stereocenters. The van der Waals surface area contributed by atoms with Gasteiger partial charge in [-0.2, -0.15) is 9.78 Å². The Kier molecular flexibility index (Phi) is 5.86. The Labute approximate surface area is 171 Å². The number of anilines is 1. The summed E-state index contributed by atoms with van der Waals surface area (Å²) in [6.45, 7) is 0. The third-order valence-corrected chi connectivity index (χ3v) is 4.36. The highest BCUT2D eigenvalue weighted by molar-refractivity contribution is 6.03. The van der Waals surface area contributed by atoms with Gasteiger partial charge in [0.1, 0.15) is 17.2 Å². The average molecular weight is 412 g/mol. The highest BCUT2D eigenvalue weighted by Crippen LogP contribution is 2.29. The monoisotopic (exact) mass is 412 g/mol. The molecule has 0 aliphatic rings. The van der Waals surface area contributed by atoms with E-state index in [1.54, 1.807) is 42.5 Å². The van der Waals surface area contributed by atoms with E-state index < -0.39 is 22.9 Å². The van der Waals surface area contributed by atoms with Crippen molar-refractivity contribution in [2.75, 3.05) is 26.6 Å². The van der Waals surface area contributed by atoms with E-state index in [2.05, 4.69) is 10.4 Å². The molecule has 10 nitrogen and oxygen atoms in total. The van der Waals surface area contributed by atoms with Crippen molar-refractivity contribution in [1.82, 2.24) is 14.3 Å². The molecule has 2 aromatic carbocycles. The summed E-state index contributed by atoms with van der Waals surface area (Å²) in [5.74, 6) is 0.628. The lowest BCUT2D eigenvalue weighted by molar-refractivity contribution is 0.101. The SMILES string of the molecule is COc1ccc(-n2nc(C(=O)Nc3cc(OC)ccc3OC)c(=O)n(C)c2=O)cc1. The summed E-state index contributed by atoms with van der Waals surface area (Å²) in [6.07, 6.45) is 0. The molecule has 0 saturated carbocycles. The van der Waals surface area contributed by atoms with Gasteiger partial charge in [-0.1, -0.05) is 0 Å². The first kappa shape index (κ1) is 20.6. The zero-order valence-electron chi connectivity index (χ0n) is 16.8. The van der Waals surface area contributed by atoms with Gasteiger partial charge in [0.15, 0.2) is 0 Å². The Bertz CT molecular complexity index is 1200. The van der Waals surface area contributed by atoms with Crippen LogP contribution in [0.1, 0.15) is 10.5 Å². The molecule has 1 aromatic heterocycles. The lowest BCUT2D eigenvalue weighted by Crippen LogP contribution is -2.43. The average Bonchev–Trinajstić information content (AvgIpc) is 2.77. The third-order valence-electron chi connectivity index (χ3n) is 4.36. The zero-order chi connectivity index (χ0) is 21.8. The highest BCUT2D eigenvalue weighted by Gasteiger charge is 2.20. The topological polar surface area (TPSA) is 114 Å². The smallest absolute Gasteiger partial charge is 0.351 e. The van der Waals surface area contributed by atoms with E-state index in [4.69, 9.17) is 14.2 Å². The summed E-state index contributed by atoms with van der Waals surface area (Å²) in [5.41, 5.74) is -1.33. The number of ether oxygens (including phenoxy) is 3. The quantitative estimate of drug-likeness (QED) is 0.647. The van der Waals surface area contributed by atoms with E-state index in [1.165, 1.54) is 28.4 Å². The number of nitrogens with zero attached hydrogens (tertiary/aromatic N) is 3. The molecule has 0 aliphatic carbocycles. The van der Waals surface area contributed by atoms with Gasteiger partial charge in [-0.3, -0.25) is 14.2 Å². The van der Waals surface area contributed by atoms with Crippen LogP contribution in [-0.4, -0.2) is 41.6 Å². The molecule has 0 saturated heterocycles. The minimum absolute atomic E-state index is 0.285. The number of methoxy groups -OCH3 is 3. The number of nitrogens with one attached hydrogen (secondary N) is 1. The van der Waals surface area contributed by atoms with Crippen LogP contribution in [0.2, 0.25) is 0 Å². The van der Waals surface area contributed by atoms with Crippen LogP contribution < -0.4 is 30.8 Å². The normalized spacial score (nSPS) is 10.4. The number of carbonyl (C=O) groups is 1. The van der Waals surface area contributed by atoms with Gasteiger partial charge in [-0.15, -0.1) is 0 Å². The van der Waals surface area contributed by atoms with E-state index in [1.807, 2.05) is 0 Å². The standard InChI is InChI=1S/C20H20N4O6/c1-23-19(26)17(18(25)21-15-11-14(29-3)9-10-16(15)30-4)22-24(20(23)27)12-5-7-13(28-2)8-6-12/h5-11H,1-4H3,(H,21,25). The maximum Gasteiger partial charge on any atom is 0.351 e. The van der Waals surface area contributed by atoms with Gasteiger partial charge >= 0.3 is 5.69 Å². The van der Waals surface area contributed by atoms with Crippen molar-refractivity contribution in [2.45, 2.75) is 0 Å². The first-order valence-electron chi connectivity index (χ1n) is 8.77. The van der Waals surface area contributed by atoms with Gasteiger partial charge in [0, 0.05) is 13.1 Å². The van der Waals surface area contributed by atoms with Crippen LogP contribution in [0.3, 0.4) is 0 Å². The van der Waals surface area contributed by atoms with E-state index in [9.17, 15) is 14.4 Å². The largest absolute Gasteiger partial charge is 0.497 e. The molecule has 0 fully saturated rings. The molecule has 156 valence electrons. The summed E-state index contributed by atoms with van der Waals surface area (Å²) < 4.78 is 17.3. The molecule has 1 heterocycles. The highest BCUT2D eigenvalue weighted by atomic mass is 16.5. The molecule has 0 radical (unpaired) electrons. The number of amides is 1. The molecule has 3 aromatic rings. The molecule has 0 atom stereocenters. The third kappa shape index (κ3) is 3.88. The predicted octanol–water partition coefficient (Wildman–Crippen LogP) is 1.21. The second-order valence-corrected chi connectivity index (χ2v) is 6.13. The summed E-state index contributed by atoms with van der Waals surface area (Å²) in [7, 11) is 5.71. The maximum absolute atomic E-state index is 12.8. The lowest BCUT2D eigenvalue weighted by Gasteiger charge is -2.13. The molecule has 30 heavy (non-hydrogen) atoms. The van der Waals surface area contributed by atoms with Crippen molar-refractivity contribution in [2.24, 2.45) is 7.05 Å². The predicted molar refractivity (Wildman–Crippen MR) is 109 cm³/mol. The lowest BCUT2D eigenvalue weighted by atomic mass is 10.2. The molecule has 10 heteroatoms. The van der Waals surface area contributed by atoms with Crippen molar-refractivity contribution in [3.8, 4) is 22.9 Å². The van der Waals surface area contributed by atoms with Crippen molar-refractivity contribution in [3.63, 3.8) is 0 Å². The summed E-state index contributed by atoms with van der Waals surface area (Å²) in [5, 5.41) is 6.58. The van der Waals surface area contributed by atoms with E-state index >= 15 is 0 Å². The second-order valence-electron chi connectivity index (χ2n) is 6.13. The van der Waals surface area contributed by atoms with Crippen LogP contribution in [0.15, 0.2) is 52.1 Å².